The van der Waals surface area contributed by atoms with Gasteiger partial charge >= 0.3 is 0 Å². The van der Waals surface area contributed by atoms with Gasteiger partial charge in [-0.15, -0.1) is 5.10 Å². The standard InChI is InChI=1S/C9H9N5/c10-4-5-14-9(7-2-1-3-7)8(6-11)12-13-14/h7H,1-3,5H2. The summed E-state index contributed by atoms with van der Waals surface area (Å²) in [6.45, 7) is 0.181. The van der Waals surface area contributed by atoms with Crippen molar-refractivity contribution in [2.24, 2.45) is 0 Å². The van der Waals surface area contributed by atoms with E-state index in [1.807, 2.05) is 12.1 Å². The van der Waals surface area contributed by atoms with Crippen LogP contribution >= 0.6 is 0 Å². The fourth-order valence-corrected chi connectivity index (χ4v) is 1.67. The summed E-state index contributed by atoms with van der Waals surface area (Å²) in [5.74, 6) is 0.382. The Labute approximate surface area is 81.6 Å². The number of nitrogens with zero attached hydrogens (tertiary/aromatic N) is 5. The van der Waals surface area contributed by atoms with E-state index in [1.165, 1.54) is 6.42 Å². The highest BCUT2D eigenvalue weighted by atomic mass is 15.4. The smallest absolute Gasteiger partial charge is 0.186 e. The van der Waals surface area contributed by atoms with Crippen LogP contribution in [0.3, 0.4) is 0 Å². The molecule has 0 aliphatic heterocycles. The summed E-state index contributed by atoms with van der Waals surface area (Å²) in [5, 5.41) is 25.0. The first kappa shape index (κ1) is 8.71. The molecule has 1 aliphatic rings. The van der Waals surface area contributed by atoms with Crippen molar-refractivity contribution in [1.82, 2.24) is 15.0 Å². The van der Waals surface area contributed by atoms with E-state index in [4.69, 9.17) is 10.5 Å². The number of rotatable bonds is 2. The Morgan fingerprint density at radius 2 is 2.21 bits per heavy atom. The highest BCUT2D eigenvalue weighted by Gasteiger charge is 2.27. The van der Waals surface area contributed by atoms with E-state index < -0.39 is 0 Å². The molecular weight excluding hydrogens is 178 g/mol. The zero-order valence-corrected chi connectivity index (χ0v) is 7.64. The van der Waals surface area contributed by atoms with Crippen LogP contribution < -0.4 is 0 Å². The molecule has 0 spiro atoms. The van der Waals surface area contributed by atoms with Crippen LogP contribution in [0.15, 0.2) is 0 Å². The second kappa shape index (κ2) is 3.47. The van der Waals surface area contributed by atoms with Gasteiger partial charge in [0, 0.05) is 5.92 Å². The van der Waals surface area contributed by atoms with E-state index in [1.54, 1.807) is 4.68 Å². The van der Waals surface area contributed by atoms with Crippen LogP contribution in [0.25, 0.3) is 0 Å². The van der Waals surface area contributed by atoms with Gasteiger partial charge in [-0.1, -0.05) is 11.6 Å². The lowest BCUT2D eigenvalue weighted by atomic mass is 9.82. The van der Waals surface area contributed by atoms with E-state index >= 15 is 0 Å². The van der Waals surface area contributed by atoms with Crippen molar-refractivity contribution in [2.45, 2.75) is 31.7 Å². The van der Waals surface area contributed by atoms with Gasteiger partial charge in [0.2, 0.25) is 0 Å². The monoisotopic (exact) mass is 187 g/mol. The Balaban J connectivity index is 2.37. The molecule has 0 radical (unpaired) electrons. The van der Waals surface area contributed by atoms with Crippen molar-refractivity contribution >= 4 is 0 Å². The van der Waals surface area contributed by atoms with Gasteiger partial charge in [-0.3, -0.25) is 0 Å². The molecule has 0 unspecified atom stereocenters. The minimum atomic E-state index is 0.181. The molecule has 0 aromatic carbocycles. The van der Waals surface area contributed by atoms with Gasteiger partial charge in [0.1, 0.15) is 12.6 Å². The highest BCUT2D eigenvalue weighted by Crippen LogP contribution is 2.37. The van der Waals surface area contributed by atoms with Crippen molar-refractivity contribution in [2.75, 3.05) is 0 Å². The van der Waals surface area contributed by atoms with E-state index in [2.05, 4.69) is 10.3 Å². The number of hydrogen-bond acceptors (Lipinski definition) is 4. The highest BCUT2D eigenvalue weighted by molar-refractivity contribution is 5.29. The topological polar surface area (TPSA) is 78.3 Å². The normalized spacial score (nSPS) is 15.6. The van der Waals surface area contributed by atoms with Crippen LogP contribution in [0.1, 0.15) is 36.6 Å². The van der Waals surface area contributed by atoms with Gasteiger partial charge < -0.3 is 0 Å². The molecule has 1 saturated carbocycles. The molecule has 5 heteroatoms. The van der Waals surface area contributed by atoms with Crippen LogP contribution in [0.5, 0.6) is 0 Å². The minimum absolute atomic E-state index is 0.181. The minimum Gasteiger partial charge on any atom is -0.234 e. The third kappa shape index (κ3) is 1.23. The fraction of sp³-hybridized carbons (Fsp3) is 0.556. The van der Waals surface area contributed by atoms with Gasteiger partial charge in [0.15, 0.2) is 5.69 Å². The summed E-state index contributed by atoms with van der Waals surface area (Å²) < 4.78 is 1.54. The third-order valence-electron chi connectivity index (χ3n) is 2.59. The molecule has 1 aromatic heterocycles. The molecule has 0 bridgehead atoms. The fourth-order valence-electron chi connectivity index (χ4n) is 1.67. The zero-order chi connectivity index (χ0) is 9.97. The third-order valence-corrected chi connectivity index (χ3v) is 2.59. The predicted molar refractivity (Wildman–Crippen MR) is 46.9 cm³/mol. The van der Waals surface area contributed by atoms with E-state index in [9.17, 15) is 0 Å². The lowest BCUT2D eigenvalue weighted by Crippen LogP contribution is -2.16. The lowest BCUT2D eigenvalue weighted by Gasteiger charge is -2.25. The average molecular weight is 187 g/mol. The van der Waals surface area contributed by atoms with Crippen LogP contribution in [0, 0.1) is 22.7 Å². The van der Waals surface area contributed by atoms with Crippen LogP contribution in [-0.2, 0) is 6.54 Å². The molecule has 0 atom stereocenters. The first-order chi connectivity index (χ1) is 6.86. The number of nitriles is 2. The Kier molecular flexibility index (Phi) is 2.16. The van der Waals surface area contributed by atoms with E-state index in [-0.39, 0.29) is 6.54 Å². The second-order valence-electron chi connectivity index (χ2n) is 3.38. The molecule has 5 nitrogen and oxygen atoms in total. The van der Waals surface area contributed by atoms with Crippen molar-refractivity contribution in [3.63, 3.8) is 0 Å². The molecule has 0 saturated heterocycles. The average Bonchev–Trinajstić information content (AvgIpc) is 2.47. The van der Waals surface area contributed by atoms with Gasteiger partial charge in [0.05, 0.1) is 11.8 Å². The maximum atomic E-state index is 8.82. The van der Waals surface area contributed by atoms with Crippen molar-refractivity contribution < 1.29 is 0 Å². The maximum absolute atomic E-state index is 8.82. The van der Waals surface area contributed by atoms with E-state index in [0.29, 0.717) is 11.6 Å². The van der Waals surface area contributed by atoms with Crippen molar-refractivity contribution in [3.8, 4) is 12.1 Å². The van der Waals surface area contributed by atoms with Crippen molar-refractivity contribution in [1.29, 1.82) is 10.5 Å². The summed E-state index contributed by atoms with van der Waals surface area (Å²) in [6, 6.07) is 4.04. The summed E-state index contributed by atoms with van der Waals surface area (Å²) in [4.78, 5) is 0. The summed E-state index contributed by atoms with van der Waals surface area (Å²) in [5.41, 5.74) is 1.23. The summed E-state index contributed by atoms with van der Waals surface area (Å²) in [6.07, 6.45) is 3.34. The summed E-state index contributed by atoms with van der Waals surface area (Å²) >= 11 is 0. The molecule has 1 aliphatic carbocycles. The lowest BCUT2D eigenvalue weighted by molar-refractivity contribution is 0.393. The van der Waals surface area contributed by atoms with Crippen LogP contribution in [0.4, 0.5) is 0 Å². The number of hydrogen-bond donors (Lipinski definition) is 0. The molecule has 0 N–H and O–H groups in total. The van der Waals surface area contributed by atoms with Gasteiger partial charge in [-0.05, 0) is 12.8 Å². The molecule has 2 rings (SSSR count). The summed E-state index contributed by atoms with van der Waals surface area (Å²) in [7, 11) is 0. The molecular formula is C9H9N5. The Morgan fingerprint density at radius 3 is 2.71 bits per heavy atom. The van der Waals surface area contributed by atoms with Gasteiger partial charge in [-0.2, -0.15) is 10.5 Å². The van der Waals surface area contributed by atoms with Gasteiger partial charge in [-0.25, -0.2) is 4.68 Å². The largest absolute Gasteiger partial charge is 0.234 e. The molecule has 1 heterocycles. The quantitative estimate of drug-likeness (QED) is 0.690. The molecule has 14 heavy (non-hydrogen) atoms. The molecule has 1 fully saturated rings. The first-order valence-electron chi connectivity index (χ1n) is 4.57. The molecule has 1 aromatic rings. The van der Waals surface area contributed by atoms with Crippen LogP contribution in [0.2, 0.25) is 0 Å². The Bertz CT molecular complexity index is 415. The maximum Gasteiger partial charge on any atom is 0.186 e. The molecule has 0 amide bonds. The Hall–Kier alpha value is -1.88. The first-order valence-corrected chi connectivity index (χ1v) is 4.57. The van der Waals surface area contributed by atoms with Crippen LogP contribution in [-0.4, -0.2) is 15.0 Å². The Morgan fingerprint density at radius 1 is 1.43 bits per heavy atom. The second-order valence-corrected chi connectivity index (χ2v) is 3.38. The van der Waals surface area contributed by atoms with E-state index in [0.717, 1.165) is 18.5 Å². The van der Waals surface area contributed by atoms with Gasteiger partial charge in [0.25, 0.3) is 0 Å². The predicted octanol–water partition coefficient (Wildman–Crippen LogP) is 0.941. The number of aromatic nitrogens is 3. The van der Waals surface area contributed by atoms with Crippen molar-refractivity contribution in [3.05, 3.63) is 11.4 Å². The molecule has 70 valence electrons. The zero-order valence-electron chi connectivity index (χ0n) is 7.64. The SMILES string of the molecule is N#CCn1nnc(C#N)c1C1CCC1.